The maximum absolute atomic E-state index is 13.9. The minimum Gasteiger partial charge on any atom is -0.389 e. The second-order valence-electron chi connectivity index (χ2n) is 5.28. The first-order valence-electron chi connectivity index (χ1n) is 6.74. The molecule has 0 spiro atoms. The fourth-order valence-electron chi connectivity index (χ4n) is 3.23. The van der Waals surface area contributed by atoms with Gasteiger partial charge < -0.3 is 10.6 Å². The molecule has 2 aliphatic heterocycles. The van der Waals surface area contributed by atoms with Crippen molar-refractivity contribution >= 4 is 22.9 Å². The molecular weight excluding hydrogens is 261 g/mol. The monoisotopic (exact) mass is 279 g/mol. The lowest BCUT2D eigenvalue weighted by Gasteiger charge is -2.39. The van der Waals surface area contributed by atoms with Crippen LogP contribution in [0, 0.1) is 5.82 Å². The zero-order valence-corrected chi connectivity index (χ0v) is 11.6. The van der Waals surface area contributed by atoms with Gasteiger partial charge >= 0.3 is 0 Å². The van der Waals surface area contributed by atoms with Crippen LogP contribution >= 0.6 is 12.2 Å². The quantitative estimate of drug-likeness (QED) is 0.836. The van der Waals surface area contributed by atoms with Gasteiger partial charge in [0.05, 0.1) is 5.56 Å². The van der Waals surface area contributed by atoms with Crippen molar-refractivity contribution in [3.63, 3.8) is 0 Å². The number of hydrogen-bond donors (Lipinski definition) is 1. The van der Waals surface area contributed by atoms with E-state index >= 15 is 0 Å². The van der Waals surface area contributed by atoms with Gasteiger partial charge in [0, 0.05) is 31.4 Å². The van der Waals surface area contributed by atoms with E-state index in [2.05, 4.69) is 9.80 Å². The van der Waals surface area contributed by atoms with Gasteiger partial charge in [-0.15, -0.1) is 0 Å². The van der Waals surface area contributed by atoms with Crippen molar-refractivity contribution in [1.29, 1.82) is 0 Å². The Kier molecular flexibility index (Phi) is 3.41. The molecule has 2 saturated heterocycles. The molecule has 0 radical (unpaired) electrons. The maximum Gasteiger partial charge on any atom is 0.135 e. The molecule has 3 nitrogen and oxygen atoms in total. The van der Waals surface area contributed by atoms with Crippen LogP contribution in [0.1, 0.15) is 18.4 Å². The molecule has 0 aromatic heterocycles. The van der Waals surface area contributed by atoms with Crippen molar-refractivity contribution in [3.05, 3.63) is 29.6 Å². The molecule has 1 atom stereocenters. The van der Waals surface area contributed by atoms with Gasteiger partial charge in [0.2, 0.25) is 0 Å². The SMILES string of the molecule is NC(=S)c1c(F)cccc1N1CCN2CCCC2C1. The standard InChI is InChI=1S/C14H18FN3S/c15-11-4-1-5-12(13(11)14(16)19)18-8-7-17-6-2-3-10(17)9-18/h1,4-5,10H,2-3,6-9H2,(H2,16,19). The van der Waals surface area contributed by atoms with Gasteiger partial charge in [-0.3, -0.25) is 4.90 Å². The number of piperazine rings is 1. The van der Waals surface area contributed by atoms with E-state index in [1.165, 1.54) is 25.5 Å². The molecule has 1 unspecified atom stereocenters. The summed E-state index contributed by atoms with van der Waals surface area (Å²) in [6, 6.07) is 5.66. The van der Waals surface area contributed by atoms with Crippen LogP contribution < -0.4 is 10.6 Å². The third kappa shape index (κ3) is 2.32. The van der Waals surface area contributed by atoms with E-state index in [0.717, 1.165) is 25.3 Å². The van der Waals surface area contributed by atoms with Crippen molar-refractivity contribution in [3.8, 4) is 0 Å². The van der Waals surface area contributed by atoms with Gasteiger partial charge in [-0.1, -0.05) is 18.3 Å². The molecule has 2 fully saturated rings. The number of rotatable bonds is 2. The van der Waals surface area contributed by atoms with Crippen LogP contribution in [0.3, 0.4) is 0 Å². The summed E-state index contributed by atoms with van der Waals surface area (Å²) in [7, 11) is 0. The number of thiocarbonyl (C=S) groups is 1. The van der Waals surface area contributed by atoms with E-state index in [-0.39, 0.29) is 10.8 Å². The number of nitrogens with zero attached hydrogens (tertiary/aromatic N) is 2. The fourth-order valence-corrected chi connectivity index (χ4v) is 3.43. The number of fused-ring (bicyclic) bond motifs is 1. The Morgan fingerprint density at radius 1 is 1.32 bits per heavy atom. The van der Waals surface area contributed by atoms with E-state index in [4.69, 9.17) is 18.0 Å². The van der Waals surface area contributed by atoms with Gasteiger partial charge in [0.15, 0.2) is 0 Å². The molecule has 102 valence electrons. The molecule has 2 heterocycles. The Hall–Kier alpha value is -1.20. The maximum atomic E-state index is 13.9. The lowest BCUT2D eigenvalue weighted by molar-refractivity contribution is 0.231. The average molecular weight is 279 g/mol. The van der Waals surface area contributed by atoms with Gasteiger partial charge in [0.25, 0.3) is 0 Å². The lowest BCUT2D eigenvalue weighted by Crippen LogP contribution is -2.50. The summed E-state index contributed by atoms with van der Waals surface area (Å²) in [5, 5.41) is 0. The summed E-state index contributed by atoms with van der Waals surface area (Å²) in [6.45, 7) is 4.09. The lowest BCUT2D eigenvalue weighted by atomic mass is 10.1. The predicted octanol–water partition coefficient (Wildman–Crippen LogP) is 1.74. The molecule has 1 aromatic carbocycles. The van der Waals surface area contributed by atoms with Crippen LogP contribution in [0.15, 0.2) is 18.2 Å². The summed E-state index contributed by atoms with van der Waals surface area (Å²) < 4.78 is 13.9. The van der Waals surface area contributed by atoms with Crippen LogP contribution in [0.5, 0.6) is 0 Å². The Labute approximate surface area is 118 Å². The van der Waals surface area contributed by atoms with Crippen LogP contribution in [0.2, 0.25) is 0 Å². The van der Waals surface area contributed by atoms with Gasteiger partial charge in [-0.2, -0.15) is 0 Å². The first-order valence-corrected chi connectivity index (χ1v) is 7.15. The zero-order valence-electron chi connectivity index (χ0n) is 10.8. The van der Waals surface area contributed by atoms with Crippen molar-refractivity contribution in [2.24, 2.45) is 5.73 Å². The Morgan fingerprint density at radius 3 is 2.95 bits per heavy atom. The average Bonchev–Trinajstić information content (AvgIpc) is 2.85. The fraction of sp³-hybridized carbons (Fsp3) is 0.500. The summed E-state index contributed by atoms with van der Waals surface area (Å²) in [5.41, 5.74) is 6.92. The third-order valence-electron chi connectivity index (χ3n) is 4.17. The van der Waals surface area contributed by atoms with Crippen molar-refractivity contribution < 1.29 is 4.39 Å². The second-order valence-corrected chi connectivity index (χ2v) is 5.72. The van der Waals surface area contributed by atoms with Crippen molar-refractivity contribution in [1.82, 2.24) is 4.90 Å². The minimum atomic E-state index is -0.321. The summed E-state index contributed by atoms with van der Waals surface area (Å²) in [5.74, 6) is -0.321. The molecule has 2 N–H and O–H groups in total. The van der Waals surface area contributed by atoms with Gasteiger partial charge in [0.1, 0.15) is 10.8 Å². The van der Waals surface area contributed by atoms with Crippen LogP contribution in [-0.4, -0.2) is 42.1 Å². The molecule has 0 saturated carbocycles. The van der Waals surface area contributed by atoms with Crippen molar-refractivity contribution in [2.75, 3.05) is 31.1 Å². The van der Waals surface area contributed by atoms with Crippen LogP contribution in [0.25, 0.3) is 0 Å². The van der Waals surface area contributed by atoms with Crippen LogP contribution in [-0.2, 0) is 0 Å². The number of nitrogens with two attached hydrogens (primary N) is 1. The zero-order chi connectivity index (χ0) is 13.4. The highest BCUT2D eigenvalue weighted by atomic mass is 32.1. The summed E-state index contributed by atoms with van der Waals surface area (Å²) in [6.07, 6.45) is 2.50. The summed E-state index contributed by atoms with van der Waals surface area (Å²) in [4.78, 5) is 4.89. The molecular formula is C14H18FN3S. The Balaban J connectivity index is 1.90. The van der Waals surface area contributed by atoms with Gasteiger partial charge in [-0.05, 0) is 31.5 Å². The second kappa shape index (κ2) is 5.06. The Morgan fingerprint density at radius 2 is 2.16 bits per heavy atom. The molecule has 19 heavy (non-hydrogen) atoms. The first kappa shape index (κ1) is 12.8. The highest BCUT2D eigenvalue weighted by Gasteiger charge is 2.31. The van der Waals surface area contributed by atoms with E-state index < -0.39 is 0 Å². The molecule has 0 amide bonds. The Bertz CT molecular complexity index is 505. The van der Waals surface area contributed by atoms with Gasteiger partial charge in [-0.25, -0.2) is 4.39 Å². The topological polar surface area (TPSA) is 32.5 Å². The molecule has 1 aromatic rings. The summed E-state index contributed by atoms with van der Waals surface area (Å²) >= 11 is 5.00. The third-order valence-corrected chi connectivity index (χ3v) is 4.37. The molecule has 5 heteroatoms. The van der Waals surface area contributed by atoms with E-state index in [1.807, 2.05) is 6.07 Å². The highest BCUT2D eigenvalue weighted by Crippen LogP contribution is 2.28. The smallest absolute Gasteiger partial charge is 0.135 e. The molecule has 2 aliphatic rings. The van der Waals surface area contributed by atoms with E-state index in [0.29, 0.717) is 11.6 Å². The van der Waals surface area contributed by atoms with E-state index in [1.54, 1.807) is 6.07 Å². The number of halogens is 1. The predicted molar refractivity (Wildman–Crippen MR) is 79.1 cm³/mol. The highest BCUT2D eigenvalue weighted by molar-refractivity contribution is 7.80. The molecule has 0 bridgehead atoms. The van der Waals surface area contributed by atoms with Crippen molar-refractivity contribution in [2.45, 2.75) is 18.9 Å². The number of hydrogen-bond acceptors (Lipinski definition) is 3. The number of benzene rings is 1. The van der Waals surface area contributed by atoms with Crippen LogP contribution in [0.4, 0.5) is 10.1 Å². The number of anilines is 1. The molecule has 3 rings (SSSR count). The largest absolute Gasteiger partial charge is 0.389 e. The first-order chi connectivity index (χ1) is 9.16. The molecule has 0 aliphatic carbocycles. The normalized spacial score (nSPS) is 23.4. The minimum absolute atomic E-state index is 0.141. The van der Waals surface area contributed by atoms with E-state index in [9.17, 15) is 4.39 Å².